The summed E-state index contributed by atoms with van der Waals surface area (Å²) in [6.45, 7) is 3.98. The molecule has 9 rings (SSSR count). The number of benzene rings is 7. The third-order valence-electron chi connectivity index (χ3n) is 10.7. The fourth-order valence-corrected chi connectivity index (χ4v) is 7.50. The first-order valence-corrected chi connectivity index (χ1v) is 18.2. The number of aryl methyl sites for hydroxylation is 2. The standard InChI is InChI=1S/C48H32N2O7/c1-26-3-7-28(8-4-26)31-13-18-37-39(23-31)47(56)49(45(37)54)34-16-11-30(12-17-34)35-20-21-36(44(53)43(35)52)33-15-22-41(42(51)25-33)50-46(55)38-19-14-32(24-40(38)48(50)57)29-9-5-27(2)6-10-29/h3-25,51-53H,1-2H3. The second kappa shape index (κ2) is 13.2. The predicted molar refractivity (Wildman–Crippen MR) is 218 cm³/mol. The lowest BCUT2D eigenvalue weighted by atomic mass is 9.97. The van der Waals surface area contributed by atoms with E-state index in [9.17, 15) is 34.5 Å². The minimum atomic E-state index is -0.571. The van der Waals surface area contributed by atoms with Crippen LogP contribution in [0.2, 0.25) is 0 Å². The Bertz CT molecular complexity index is 2860. The van der Waals surface area contributed by atoms with Crippen molar-refractivity contribution < 1.29 is 34.5 Å². The smallest absolute Gasteiger partial charge is 0.266 e. The van der Waals surface area contributed by atoms with Crippen molar-refractivity contribution in [3.8, 4) is 61.8 Å². The van der Waals surface area contributed by atoms with E-state index >= 15 is 0 Å². The number of anilines is 2. The average Bonchev–Trinajstić information content (AvgIpc) is 3.62. The maximum Gasteiger partial charge on any atom is 0.266 e. The Kier molecular flexibility index (Phi) is 8.10. The Hall–Kier alpha value is -7.78. The van der Waals surface area contributed by atoms with Crippen LogP contribution in [0.3, 0.4) is 0 Å². The number of imide groups is 2. The van der Waals surface area contributed by atoms with Crippen molar-refractivity contribution >= 4 is 35.0 Å². The molecule has 4 amide bonds. The summed E-state index contributed by atoms with van der Waals surface area (Å²) < 4.78 is 0. The van der Waals surface area contributed by atoms with Crippen LogP contribution in [0.5, 0.6) is 17.2 Å². The van der Waals surface area contributed by atoms with E-state index in [1.165, 1.54) is 18.2 Å². The van der Waals surface area contributed by atoms with Gasteiger partial charge in [0, 0.05) is 11.1 Å². The summed E-state index contributed by atoms with van der Waals surface area (Å²) in [5, 5.41) is 33.5. The molecule has 57 heavy (non-hydrogen) atoms. The number of nitrogens with zero attached hydrogens (tertiary/aromatic N) is 2. The van der Waals surface area contributed by atoms with Gasteiger partial charge in [0.15, 0.2) is 11.5 Å². The Morgan fingerprint density at radius 1 is 0.351 bits per heavy atom. The highest BCUT2D eigenvalue weighted by Crippen LogP contribution is 2.46. The summed E-state index contributed by atoms with van der Waals surface area (Å²) in [5.74, 6) is -3.29. The summed E-state index contributed by atoms with van der Waals surface area (Å²) in [7, 11) is 0. The van der Waals surface area contributed by atoms with E-state index in [0.717, 1.165) is 43.2 Å². The fraction of sp³-hybridized carbons (Fsp3) is 0.0417. The van der Waals surface area contributed by atoms with Crippen molar-refractivity contribution in [2.24, 2.45) is 0 Å². The van der Waals surface area contributed by atoms with E-state index in [-0.39, 0.29) is 33.7 Å². The summed E-state index contributed by atoms with van der Waals surface area (Å²) >= 11 is 0. The van der Waals surface area contributed by atoms with Crippen LogP contribution in [0.4, 0.5) is 11.4 Å². The lowest BCUT2D eigenvalue weighted by Crippen LogP contribution is -2.29. The van der Waals surface area contributed by atoms with E-state index in [2.05, 4.69) is 0 Å². The highest BCUT2D eigenvalue weighted by Gasteiger charge is 2.39. The van der Waals surface area contributed by atoms with Crippen LogP contribution in [0.1, 0.15) is 52.6 Å². The van der Waals surface area contributed by atoms with E-state index < -0.39 is 35.1 Å². The van der Waals surface area contributed by atoms with Gasteiger partial charge < -0.3 is 15.3 Å². The third kappa shape index (κ3) is 5.72. The van der Waals surface area contributed by atoms with Gasteiger partial charge in [0.25, 0.3) is 23.6 Å². The number of carbonyl (C=O) groups is 4. The molecule has 2 aliphatic heterocycles. The molecule has 0 bridgehead atoms. The zero-order valence-corrected chi connectivity index (χ0v) is 30.6. The van der Waals surface area contributed by atoms with Gasteiger partial charge in [0.1, 0.15) is 5.75 Å². The molecule has 0 saturated heterocycles. The minimum Gasteiger partial charge on any atom is -0.506 e. The van der Waals surface area contributed by atoms with Gasteiger partial charge in [-0.05, 0) is 108 Å². The predicted octanol–water partition coefficient (Wildman–Crippen LogP) is 9.69. The number of hydrogen-bond acceptors (Lipinski definition) is 7. The van der Waals surface area contributed by atoms with Crippen LogP contribution in [0.25, 0.3) is 44.5 Å². The Morgan fingerprint density at radius 2 is 0.737 bits per heavy atom. The van der Waals surface area contributed by atoms with Crippen molar-refractivity contribution in [3.05, 3.63) is 173 Å². The highest BCUT2D eigenvalue weighted by atomic mass is 16.3. The van der Waals surface area contributed by atoms with E-state index in [0.29, 0.717) is 27.9 Å². The summed E-state index contributed by atoms with van der Waals surface area (Å²) in [6, 6.07) is 39.9. The number of phenolic OH excluding ortho intramolecular Hbond substituents is 3. The number of hydrogen-bond donors (Lipinski definition) is 3. The van der Waals surface area contributed by atoms with Gasteiger partial charge in [-0.1, -0.05) is 90.0 Å². The summed E-state index contributed by atoms with van der Waals surface area (Å²) in [4.78, 5) is 55.9. The maximum absolute atomic E-state index is 13.6. The second-order valence-corrected chi connectivity index (χ2v) is 14.3. The number of amides is 4. The molecule has 2 heterocycles. The van der Waals surface area contributed by atoms with Crippen LogP contribution in [-0.2, 0) is 0 Å². The Labute approximate surface area is 327 Å². The van der Waals surface area contributed by atoms with E-state index in [1.807, 2.05) is 68.4 Å². The minimum absolute atomic E-state index is 0.0213. The molecule has 7 aromatic carbocycles. The zero-order valence-electron chi connectivity index (χ0n) is 30.6. The van der Waals surface area contributed by atoms with Gasteiger partial charge in [0.2, 0.25) is 0 Å². The van der Waals surface area contributed by atoms with Crippen LogP contribution in [-0.4, -0.2) is 38.9 Å². The lowest BCUT2D eigenvalue weighted by molar-refractivity contribution is 0.0910. The summed E-state index contributed by atoms with van der Waals surface area (Å²) in [6.07, 6.45) is 0. The van der Waals surface area contributed by atoms with Crippen LogP contribution < -0.4 is 9.80 Å². The Balaban J connectivity index is 0.947. The molecule has 7 aromatic rings. The van der Waals surface area contributed by atoms with Gasteiger partial charge in [-0.3, -0.25) is 19.2 Å². The molecule has 0 fully saturated rings. The molecule has 0 aromatic heterocycles. The van der Waals surface area contributed by atoms with Crippen LogP contribution in [0, 0.1) is 13.8 Å². The molecule has 2 aliphatic rings. The molecule has 0 aliphatic carbocycles. The number of aromatic hydroxyl groups is 3. The number of carbonyl (C=O) groups excluding carboxylic acids is 4. The first kappa shape index (κ1) is 35.0. The maximum atomic E-state index is 13.6. The molecule has 9 heteroatoms. The number of rotatable bonds is 6. The zero-order chi connectivity index (χ0) is 39.7. The molecule has 9 nitrogen and oxygen atoms in total. The molecule has 276 valence electrons. The fourth-order valence-electron chi connectivity index (χ4n) is 7.50. The van der Waals surface area contributed by atoms with Crippen LogP contribution >= 0.6 is 0 Å². The lowest BCUT2D eigenvalue weighted by Gasteiger charge is -2.17. The van der Waals surface area contributed by atoms with Crippen molar-refractivity contribution in [1.29, 1.82) is 0 Å². The van der Waals surface area contributed by atoms with Gasteiger partial charge in [0.05, 0.1) is 33.6 Å². The third-order valence-corrected chi connectivity index (χ3v) is 10.7. The number of phenols is 3. The normalized spacial score (nSPS) is 13.4. The van der Waals surface area contributed by atoms with Crippen molar-refractivity contribution in [2.45, 2.75) is 13.8 Å². The first-order chi connectivity index (χ1) is 27.5. The van der Waals surface area contributed by atoms with Gasteiger partial charge in [-0.2, -0.15) is 0 Å². The molecule has 0 atom stereocenters. The largest absolute Gasteiger partial charge is 0.506 e. The summed E-state index contributed by atoms with van der Waals surface area (Å²) in [5.41, 5.74) is 8.35. The molecule has 0 saturated carbocycles. The van der Waals surface area contributed by atoms with E-state index in [1.54, 1.807) is 66.7 Å². The van der Waals surface area contributed by atoms with Gasteiger partial charge in [-0.15, -0.1) is 0 Å². The molecule has 0 spiro atoms. The van der Waals surface area contributed by atoms with Crippen molar-refractivity contribution in [2.75, 3.05) is 9.80 Å². The highest BCUT2D eigenvalue weighted by molar-refractivity contribution is 6.35. The average molecular weight is 749 g/mol. The molecular weight excluding hydrogens is 717 g/mol. The van der Waals surface area contributed by atoms with Gasteiger partial charge >= 0.3 is 0 Å². The van der Waals surface area contributed by atoms with E-state index in [4.69, 9.17) is 0 Å². The molecular formula is C48H32N2O7. The quantitative estimate of drug-likeness (QED) is 0.114. The monoisotopic (exact) mass is 748 g/mol. The SMILES string of the molecule is Cc1ccc(-c2ccc3c(c2)C(=O)N(c2ccc(-c4ccc(-c5ccc(N6C(=O)c7ccc(-c8ccc(C)cc8)cc7C6=O)c(O)c5)c(O)c4O)cc2)C3=O)cc1. The molecule has 0 unspecified atom stereocenters. The molecule has 0 radical (unpaired) electrons. The van der Waals surface area contributed by atoms with Crippen molar-refractivity contribution in [3.63, 3.8) is 0 Å². The second-order valence-electron chi connectivity index (χ2n) is 14.3. The first-order valence-electron chi connectivity index (χ1n) is 18.2. The topological polar surface area (TPSA) is 135 Å². The Morgan fingerprint density at radius 3 is 1.25 bits per heavy atom. The van der Waals surface area contributed by atoms with Crippen LogP contribution in [0.15, 0.2) is 140 Å². The molecule has 3 N–H and O–H groups in total. The van der Waals surface area contributed by atoms with Gasteiger partial charge in [-0.25, -0.2) is 9.80 Å². The number of fused-ring (bicyclic) bond motifs is 2. The van der Waals surface area contributed by atoms with Crippen molar-refractivity contribution in [1.82, 2.24) is 0 Å².